The maximum absolute atomic E-state index is 12.7. The van der Waals surface area contributed by atoms with Crippen molar-refractivity contribution in [2.45, 2.75) is 33.4 Å². The second-order valence-corrected chi connectivity index (χ2v) is 5.63. The fraction of sp³-hybridized carbons (Fsp3) is 0.312. The first-order valence-corrected chi connectivity index (χ1v) is 7.18. The van der Waals surface area contributed by atoms with Crippen LogP contribution in [0.3, 0.4) is 0 Å². The first kappa shape index (κ1) is 15.4. The van der Waals surface area contributed by atoms with Gasteiger partial charge in [-0.05, 0) is 45.0 Å². The lowest BCUT2D eigenvalue weighted by molar-refractivity contribution is 0.0675. The van der Waals surface area contributed by atoms with Gasteiger partial charge in [0, 0.05) is 6.04 Å². The molecule has 1 heterocycles. The summed E-state index contributed by atoms with van der Waals surface area (Å²) in [6, 6.07) is 8.85. The highest BCUT2D eigenvalue weighted by atomic mass is 35.5. The summed E-state index contributed by atoms with van der Waals surface area (Å²) in [5.41, 5.74) is 6.58. The molecule has 1 aromatic heterocycles. The molecular formula is C16H19ClN2O2. The highest BCUT2D eigenvalue weighted by molar-refractivity contribution is 6.36. The summed E-state index contributed by atoms with van der Waals surface area (Å²) < 4.78 is 5.55. The van der Waals surface area contributed by atoms with Crippen molar-refractivity contribution in [3.05, 3.63) is 52.4 Å². The Hall–Kier alpha value is -1.94. The number of hydrogen-bond donors (Lipinski definition) is 1. The Labute approximate surface area is 129 Å². The molecule has 2 N–H and O–H groups in total. The van der Waals surface area contributed by atoms with E-state index in [1.54, 1.807) is 23.1 Å². The zero-order valence-corrected chi connectivity index (χ0v) is 13.1. The van der Waals surface area contributed by atoms with Gasteiger partial charge in [-0.3, -0.25) is 4.79 Å². The monoisotopic (exact) mass is 306 g/mol. The minimum atomic E-state index is -0.156. The number of hydrogen-bond acceptors (Lipinski definition) is 3. The van der Waals surface area contributed by atoms with Crippen LogP contribution in [-0.4, -0.2) is 16.8 Å². The molecular weight excluding hydrogens is 288 g/mol. The Morgan fingerprint density at radius 3 is 2.62 bits per heavy atom. The number of nitrogen functional groups attached to an aromatic ring is 1. The van der Waals surface area contributed by atoms with Gasteiger partial charge in [0.15, 0.2) is 0 Å². The predicted octanol–water partition coefficient (Wildman–Crippen LogP) is 3.87. The summed E-state index contributed by atoms with van der Waals surface area (Å²) in [5, 5.41) is 0.295. The van der Waals surface area contributed by atoms with Gasteiger partial charge in [-0.1, -0.05) is 17.7 Å². The topological polar surface area (TPSA) is 59.5 Å². The van der Waals surface area contributed by atoms with Crippen molar-refractivity contribution >= 4 is 23.2 Å². The van der Waals surface area contributed by atoms with Crippen LogP contribution in [0.25, 0.3) is 0 Å². The standard InChI is InChI=1S/C16H19ClN2O2/c1-10(2)19(9-12-8-7-11(3)21-12)16(20)13-5-4-6-14(18)15(13)17/h4-8,10H,9,18H2,1-3H3. The number of carbonyl (C=O) groups excluding carboxylic acids is 1. The van der Waals surface area contributed by atoms with Crippen molar-refractivity contribution in [1.82, 2.24) is 4.90 Å². The van der Waals surface area contributed by atoms with E-state index in [1.807, 2.05) is 32.9 Å². The number of furan rings is 1. The molecule has 112 valence electrons. The van der Waals surface area contributed by atoms with Crippen LogP contribution in [0, 0.1) is 6.92 Å². The Balaban J connectivity index is 2.29. The van der Waals surface area contributed by atoms with Crippen LogP contribution in [0.4, 0.5) is 5.69 Å². The maximum atomic E-state index is 12.7. The van der Waals surface area contributed by atoms with E-state index in [4.69, 9.17) is 21.8 Å². The summed E-state index contributed by atoms with van der Waals surface area (Å²) in [4.78, 5) is 14.4. The van der Waals surface area contributed by atoms with Crippen LogP contribution in [-0.2, 0) is 6.54 Å². The highest BCUT2D eigenvalue weighted by Gasteiger charge is 2.23. The zero-order valence-electron chi connectivity index (χ0n) is 12.4. The van der Waals surface area contributed by atoms with E-state index < -0.39 is 0 Å². The molecule has 0 spiro atoms. The van der Waals surface area contributed by atoms with Crippen molar-refractivity contribution in [2.24, 2.45) is 0 Å². The van der Waals surface area contributed by atoms with Gasteiger partial charge in [-0.15, -0.1) is 0 Å². The number of carbonyl (C=O) groups is 1. The molecule has 1 amide bonds. The van der Waals surface area contributed by atoms with E-state index in [1.165, 1.54) is 0 Å². The third-order valence-corrected chi connectivity index (χ3v) is 3.69. The van der Waals surface area contributed by atoms with Crippen molar-refractivity contribution in [1.29, 1.82) is 0 Å². The molecule has 0 saturated carbocycles. The van der Waals surface area contributed by atoms with Crippen LogP contribution < -0.4 is 5.73 Å². The van der Waals surface area contributed by atoms with Crippen LogP contribution in [0.2, 0.25) is 5.02 Å². The van der Waals surface area contributed by atoms with E-state index in [0.717, 1.165) is 11.5 Å². The minimum Gasteiger partial charge on any atom is -0.464 e. The van der Waals surface area contributed by atoms with Crippen LogP contribution in [0.5, 0.6) is 0 Å². The Kier molecular flexibility index (Phi) is 4.58. The van der Waals surface area contributed by atoms with Gasteiger partial charge in [0.1, 0.15) is 11.5 Å². The number of nitrogens with zero attached hydrogens (tertiary/aromatic N) is 1. The number of nitrogens with two attached hydrogens (primary N) is 1. The van der Waals surface area contributed by atoms with E-state index in [0.29, 0.717) is 22.8 Å². The molecule has 5 heteroatoms. The summed E-state index contributed by atoms with van der Waals surface area (Å²) in [6.45, 7) is 6.18. The molecule has 0 saturated heterocycles. The molecule has 2 aromatic rings. The maximum Gasteiger partial charge on any atom is 0.256 e. The average molecular weight is 307 g/mol. The molecule has 0 aliphatic rings. The molecule has 0 aliphatic carbocycles. The molecule has 0 aliphatic heterocycles. The number of aryl methyl sites for hydroxylation is 1. The lowest BCUT2D eigenvalue weighted by Gasteiger charge is -2.26. The summed E-state index contributed by atoms with van der Waals surface area (Å²) in [5.74, 6) is 1.41. The Morgan fingerprint density at radius 1 is 1.33 bits per heavy atom. The van der Waals surface area contributed by atoms with Gasteiger partial charge >= 0.3 is 0 Å². The second-order valence-electron chi connectivity index (χ2n) is 5.25. The van der Waals surface area contributed by atoms with Crippen LogP contribution in [0.15, 0.2) is 34.7 Å². The fourth-order valence-corrected chi connectivity index (χ4v) is 2.30. The number of halogens is 1. The summed E-state index contributed by atoms with van der Waals surface area (Å²) >= 11 is 6.15. The number of rotatable bonds is 4. The van der Waals surface area contributed by atoms with Gasteiger partial charge in [0.05, 0.1) is 22.8 Å². The normalized spacial score (nSPS) is 10.9. The van der Waals surface area contributed by atoms with Crippen LogP contribution >= 0.6 is 11.6 Å². The van der Waals surface area contributed by atoms with E-state index in [2.05, 4.69) is 0 Å². The minimum absolute atomic E-state index is 0.0143. The molecule has 4 nitrogen and oxygen atoms in total. The lowest BCUT2D eigenvalue weighted by atomic mass is 10.1. The van der Waals surface area contributed by atoms with Gasteiger partial charge in [0.25, 0.3) is 5.91 Å². The van der Waals surface area contributed by atoms with Gasteiger partial charge in [-0.2, -0.15) is 0 Å². The van der Waals surface area contributed by atoms with E-state index in [9.17, 15) is 4.79 Å². The molecule has 2 rings (SSSR count). The van der Waals surface area contributed by atoms with Crippen molar-refractivity contribution in [2.75, 3.05) is 5.73 Å². The third-order valence-electron chi connectivity index (χ3n) is 3.27. The Morgan fingerprint density at radius 2 is 2.05 bits per heavy atom. The molecule has 0 fully saturated rings. The van der Waals surface area contributed by atoms with Crippen molar-refractivity contribution < 1.29 is 9.21 Å². The quantitative estimate of drug-likeness (QED) is 0.872. The SMILES string of the molecule is Cc1ccc(CN(C(=O)c2cccc(N)c2Cl)C(C)C)o1. The largest absolute Gasteiger partial charge is 0.464 e. The van der Waals surface area contributed by atoms with E-state index >= 15 is 0 Å². The highest BCUT2D eigenvalue weighted by Crippen LogP contribution is 2.25. The second kappa shape index (κ2) is 6.22. The number of benzene rings is 1. The molecule has 1 aromatic carbocycles. The molecule has 0 radical (unpaired) electrons. The summed E-state index contributed by atoms with van der Waals surface area (Å²) in [7, 11) is 0. The number of amides is 1. The molecule has 21 heavy (non-hydrogen) atoms. The van der Waals surface area contributed by atoms with Gasteiger partial charge < -0.3 is 15.1 Å². The van der Waals surface area contributed by atoms with E-state index in [-0.39, 0.29) is 11.9 Å². The third kappa shape index (κ3) is 3.39. The van der Waals surface area contributed by atoms with Crippen molar-refractivity contribution in [3.8, 4) is 0 Å². The average Bonchev–Trinajstić information content (AvgIpc) is 2.84. The lowest BCUT2D eigenvalue weighted by Crippen LogP contribution is -2.36. The molecule has 0 atom stereocenters. The fourth-order valence-electron chi connectivity index (χ4n) is 2.10. The number of anilines is 1. The van der Waals surface area contributed by atoms with Crippen molar-refractivity contribution in [3.63, 3.8) is 0 Å². The first-order valence-electron chi connectivity index (χ1n) is 6.80. The summed E-state index contributed by atoms with van der Waals surface area (Å²) in [6.07, 6.45) is 0. The zero-order chi connectivity index (χ0) is 15.6. The smallest absolute Gasteiger partial charge is 0.256 e. The Bertz CT molecular complexity index is 649. The first-order chi connectivity index (χ1) is 9.90. The van der Waals surface area contributed by atoms with Gasteiger partial charge in [0.2, 0.25) is 0 Å². The predicted molar refractivity (Wildman–Crippen MR) is 84.3 cm³/mol. The molecule has 0 bridgehead atoms. The van der Waals surface area contributed by atoms with Crippen LogP contribution in [0.1, 0.15) is 35.7 Å². The van der Waals surface area contributed by atoms with Gasteiger partial charge in [-0.25, -0.2) is 0 Å². The molecule has 0 unspecified atom stereocenters.